The van der Waals surface area contributed by atoms with Gasteiger partial charge in [-0.15, -0.1) is 0 Å². The molecule has 0 fully saturated rings. The summed E-state index contributed by atoms with van der Waals surface area (Å²) in [6.45, 7) is 7.26. The zero-order valence-corrected chi connectivity index (χ0v) is 34.8. The van der Waals surface area contributed by atoms with E-state index in [1.165, 1.54) is 7.11 Å². The molecule has 0 unspecified atom stereocenters. The van der Waals surface area contributed by atoms with Gasteiger partial charge in [0.2, 0.25) is 0 Å². The Hall–Kier alpha value is -6.05. The number of hydrogen-bond donors (Lipinski definition) is 3. The monoisotopic (exact) mass is 839 g/mol. The summed E-state index contributed by atoms with van der Waals surface area (Å²) in [5, 5.41) is 30.5. The van der Waals surface area contributed by atoms with Crippen LogP contribution in [0.5, 0.6) is 0 Å². The van der Waals surface area contributed by atoms with Gasteiger partial charge in [-0.25, -0.2) is 0 Å². The lowest BCUT2D eigenvalue weighted by molar-refractivity contribution is -0.0000276. The van der Waals surface area contributed by atoms with E-state index in [1.807, 2.05) is 124 Å². The van der Waals surface area contributed by atoms with Crippen molar-refractivity contribution in [2.75, 3.05) is 23.6 Å². The molecular formula is C42H45BrClN8O4-. The molecule has 0 radical (unpaired) electrons. The van der Waals surface area contributed by atoms with Crippen LogP contribution in [0.4, 0.5) is 11.4 Å². The second-order valence-corrected chi connectivity index (χ2v) is 12.3. The minimum absolute atomic E-state index is 0. The van der Waals surface area contributed by atoms with E-state index in [1.54, 1.807) is 42.8 Å². The molecule has 0 aliphatic heterocycles. The predicted octanol–water partition coefficient (Wildman–Crippen LogP) is 5.88. The van der Waals surface area contributed by atoms with Gasteiger partial charge in [-0.3, -0.25) is 19.0 Å². The quantitative estimate of drug-likeness (QED) is 0.0718. The number of para-hydroxylation sites is 2. The van der Waals surface area contributed by atoms with Crippen molar-refractivity contribution < 1.29 is 32.0 Å². The summed E-state index contributed by atoms with van der Waals surface area (Å²) < 4.78 is 3.26. The van der Waals surface area contributed by atoms with Crippen LogP contribution in [0.2, 0.25) is 0 Å². The number of aromatic nitrogens is 4. The number of carbonyl (C=O) groups is 2. The number of carbonyl (C=O) groups excluding carboxylic acids is 2. The van der Waals surface area contributed by atoms with Crippen molar-refractivity contribution >= 4 is 50.5 Å². The van der Waals surface area contributed by atoms with Gasteiger partial charge in [0.1, 0.15) is 7.11 Å². The van der Waals surface area contributed by atoms with Gasteiger partial charge in [0, 0.05) is 49.0 Å². The Balaban J connectivity index is 0.000000283. The summed E-state index contributed by atoms with van der Waals surface area (Å²) in [5.74, 6) is 1.45. The second-order valence-electron chi connectivity index (χ2n) is 12.3. The molecule has 6 aromatic rings. The largest absolute Gasteiger partial charge is 1.00 e. The normalized spacial score (nSPS) is 10.9. The number of aryl methyl sites for hydroxylation is 4. The smallest absolute Gasteiger partial charge is 0.259 e. The Morgan fingerprint density at radius 3 is 1.38 bits per heavy atom. The molecule has 56 heavy (non-hydrogen) atoms. The van der Waals surface area contributed by atoms with Gasteiger partial charge in [0.05, 0.1) is 33.9 Å². The molecule has 292 valence electrons. The molecule has 3 N–H and O–H groups in total. The molecule has 0 aliphatic rings. The number of halogens is 2. The molecule has 0 saturated heterocycles. The molecule has 0 spiro atoms. The summed E-state index contributed by atoms with van der Waals surface area (Å²) >= 11 is 2.94. The Morgan fingerprint density at radius 2 is 1.04 bits per heavy atom. The number of benzene rings is 4. The van der Waals surface area contributed by atoms with E-state index in [4.69, 9.17) is 10.0 Å². The van der Waals surface area contributed by atoms with E-state index >= 15 is 0 Å². The summed E-state index contributed by atoms with van der Waals surface area (Å²) in [6, 6.07) is 31.0. The Kier molecular flexibility index (Phi) is 16.7. The van der Waals surface area contributed by atoms with Crippen LogP contribution in [0.25, 0.3) is 22.3 Å². The van der Waals surface area contributed by atoms with Crippen molar-refractivity contribution in [3.63, 3.8) is 0 Å². The highest BCUT2D eigenvalue weighted by Crippen LogP contribution is 2.30. The number of nitrogens with one attached hydrogen (secondary N) is 2. The van der Waals surface area contributed by atoms with Crippen molar-refractivity contribution in [2.24, 2.45) is 24.4 Å². The Bertz CT molecular complexity index is 2300. The lowest BCUT2D eigenvalue weighted by atomic mass is 10.0. The molecule has 6 rings (SSSR count). The zero-order chi connectivity index (χ0) is 40.1. The third-order valence-corrected chi connectivity index (χ3v) is 8.47. The van der Waals surface area contributed by atoms with Gasteiger partial charge in [-0.2, -0.15) is 10.2 Å². The first kappa shape index (κ1) is 44.3. The molecule has 0 bridgehead atoms. The molecule has 14 heteroatoms. The number of hydrogen-bond acceptors (Lipinski definition) is 8. The first-order valence-corrected chi connectivity index (χ1v) is 18.7. The van der Waals surface area contributed by atoms with E-state index in [-0.39, 0.29) is 24.2 Å². The maximum absolute atomic E-state index is 12.7. The predicted molar refractivity (Wildman–Crippen MR) is 224 cm³/mol. The Morgan fingerprint density at radius 1 is 0.661 bits per heavy atom. The van der Waals surface area contributed by atoms with Crippen LogP contribution >= 0.6 is 15.9 Å². The number of alkyl halides is 1. The molecule has 2 amide bonds. The summed E-state index contributed by atoms with van der Waals surface area (Å²) in [5.41, 5.74) is 11.0. The standard InChI is InChI=1S/C21H22N4O2.C20H20N4O2.CH3Br.ClH/c1-14(24-27-4)16-9-11-17(12-10-16)18-7-5-6-8-20(18)22-21(26)19-13-25(3)23-15(19)2;1-13(23-26)15-8-10-16(11-9-15)17-6-4-5-7-19(17)21-20(25)18-12-24(3)22-14(18)2;1-2;/h5-13H,1-4H3,(H,22,26);4-12,26H,1-3H3,(H,21,25);1H3;1H/p-1/b24-14+;23-13+;;. The average Bonchev–Trinajstić information content (AvgIpc) is 3.74. The van der Waals surface area contributed by atoms with Gasteiger partial charge in [-0.05, 0) is 67.9 Å². The number of amides is 2. The van der Waals surface area contributed by atoms with Crippen LogP contribution < -0.4 is 23.0 Å². The van der Waals surface area contributed by atoms with Crippen LogP contribution in [0, 0.1) is 13.8 Å². The van der Waals surface area contributed by atoms with Crippen LogP contribution in [0.3, 0.4) is 0 Å². The zero-order valence-electron chi connectivity index (χ0n) is 32.5. The minimum Gasteiger partial charge on any atom is -1.00 e. The van der Waals surface area contributed by atoms with Gasteiger partial charge in [0.25, 0.3) is 11.8 Å². The van der Waals surface area contributed by atoms with Gasteiger partial charge < -0.3 is 33.1 Å². The van der Waals surface area contributed by atoms with Crippen LogP contribution in [0.15, 0.2) is 120 Å². The lowest BCUT2D eigenvalue weighted by Crippen LogP contribution is -3.00. The highest BCUT2D eigenvalue weighted by molar-refractivity contribution is 9.08. The topological polar surface area (TPSA) is 148 Å². The van der Waals surface area contributed by atoms with Crippen molar-refractivity contribution in [2.45, 2.75) is 27.7 Å². The third-order valence-electron chi connectivity index (χ3n) is 8.47. The summed E-state index contributed by atoms with van der Waals surface area (Å²) in [7, 11) is 5.12. The average molecular weight is 841 g/mol. The van der Waals surface area contributed by atoms with E-state index in [0.29, 0.717) is 28.2 Å². The van der Waals surface area contributed by atoms with E-state index < -0.39 is 0 Å². The van der Waals surface area contributed by atoms with Gasteiger partial charge in [0.15, 0.2) is 0 Å². The summed E-state index contributed by atoms with van der Waals surface area (Å²) in [4.78, 5) is 30.1. The van der Waals surface area contributed by atoms with Gasteiger partial charge >= 0.3 is 0 Å². The fourth-order valence-electron chi connectivity index (χ4n) is 5.74. The van der Waals surface area contributed by atoms with Crippen molar-refractivity contribution in [3.05, 3.63) is 143 Å². The third kappa shape index (κ3) is 11.2. The first-order chi connectivity index (χ1) is 26.5. The lowest BCUT2D eigenvalue weighted by Gasteiger charge is -2.11. The molecule has 2 aromatic heterocycles. The number of rotatable bonds is 9. The number of nitrogens with zero attached hydrogens (tertiary/aromatic N) is 6. The molecule has 2 heterocycles. The number of oxime groups is 2. The molecular weight excluding hydrogens is 796 g/mol. The van der Waals surface area contributed by atoms with Crippen LogP contribution in [-0.2, 0) is 18.9 Å². The van der Waals surface area contributed by atoms with E-state index in [2.05, 4.69) is 47.1 Å². The first-order valence-electron chi connectivity index (χ1n) is 17.2. The Labute approximate surface area is 341 Å². The maximum atomic E-state index is 12.7. The highest BCUT2D eigenvalue weighted by Gasteiger charge is 2.16. The molecule has 0 atom stereocenters. The van der Waals surface area contributed by atoms with Crippen molar-refractivity contribution in [3.8, 4) is 22.3 Å². The number of anilines is 2. The fourth-order valence-corrected chi connectivity index (χ4v) is 5.74. The summed E-state index contributed by atoms with van der Waals surface area (Å²) in [6.07, 6.45) is 3.43. The van der Waals surface area contributed by atoms with E-state index in [9.17, 15) is 9.59 Å². The molecule has 4 aromatic carbocycles. The fraction of sp³-hybridized carbons (Fsp3) is 0.190. The van der Waals surface area contributed by atoms with Gasteiger partial charge in [-0.1, -0.05) is 111 Å². The second kappa shape index (κ2) is 21.1. The van der Waals surface area contributed by atoms with Crippen molar-refractivity contribution in [1.82, 2.24) is 19.6 Å². The molecule has 0 saturated carbocycles. The molecule has 0 aliphatic carbocycles. The van der Waals surface area contributed by atoms with E-state index in [0.717, 1.165) is 50.5 Å². The van der Waals surface area contributed by atoms with Crippen LogP contribution in [0.1, 0.15) is 57.1 Å². The van der Waals surface area contributed by atoms with Crippen molar-refractivity contribution in [1.29, 1.82) is 0 Å². The maximum Gasteiger partial charge on any atom is 0.259 e. The van der Waals surface area contributed by atoms with Crippen LogP contribution in [-0.4, -0.2) is 60.9 Å². The molecule has 12 nitrogen and oxygen atoms in total. The minimum atomic E-state index is -0.192. The highest BCUT2D eigenvalue weighted by atomic mass is 79.9. The SMILES string of the molecule is C/C(=N\O)c1ccc(-c2ccccc2NC(=O)c2cn(C)nc2C)cc1.CBr.CO/N=C(\C)c1ccc(-c2ccccc2NC(=O)c2cn(C)nc2C)cc1.[Cl-].